The fourth-order valence-electron chi connectivity index (χ4n) is 3.04. The summed E-state index contributed by atoms with van der Waals surface area (Å²) in [6, 6.07) is 0.243. The third-order valence-electron chi connectivity index (χ3n) is 4.10. The number of carbonyl (C=O) groups is 1. The molecule has 1 heterocycles. The van der Waals surface area contributed by atoms with Gasteiger partial charge in [-0.1, -0.05) is 32.0 Å². The standard InChI is InChI=1S/C14H23N3O2S/c1-9(2)17-12(10-6-5-7-14(10,3)4)15-16-13(17)20-8-11(18)19/h9-10H,5-8H2,1-4H3,(H,18,19). The van der Waals surface area contributed by atoms with Crippen molar-refractivity contribution in [1.82, 2.24) is 14.8 Å². The van der Waals surface area contributed by atoms with E-state index in [0.29, 0.717) is 5.92 Å². The SMILES string of the molecule is CC(C)n1c(SCC(=O)O)nnc1C1CCCC1(C)C. The van der Waals surface area contributed by atoms with Gasteiger partial charge in [0.2, 0.25) is 0 Å². The number of rotatable bonds is 5. The highest BCUT2D eigenvalue weighted by Gasteiger charge is 2.39. The van der Waals surface area contributed by atoms with Crippen molar-refractivity contribution >= 4 is 17.7 Å². The van der Waals surface area contributed by atoms with Crippen LogP contribution in [0.3, 0.4) is 0 Å². The summed E-state index contributed by atoms with van der Waals surface area (Å²) in [5.41, 5.74) is 0.244. The molecule has 0 aliphatic heterocycles. The Labute approximate surface area is 124 Å². The molecule has 0 aromatic carbocycles. The van der Waals surface area contributed by atoms with Crippen molar-refractivity contribution in [3.8, 4) is 0 Å². The fourth-order valence-corrected chi connectivity index (χ4v) is 3.84. The number of carboxylic acid groups (broad SMARTS) is 1. The lowest BCUT2D eigenvalue weighted by atomic mass is 9.81. The summed E-state index contributed by atoms with van der Waals surface area (Å²) in [6.45, 7) is 8.77. The molecule has 0 spiro atoms. The molecule has 0 radical (unpaired) electrons. The number of hydrogen-bond donors (Lipinski definition) is 1. The van der Waals surface area contributed by atoms with E-state index in [1.807, 2.05) is 0 Å². The number of hydrogen-bond acceptors (Lipinski definition) is 4. The molecular formula is C14H23N3O2S. The largest absolute Gasteiger partial charge is 0.481 e. The maximum atomic E-state index is 10.7. The molecule has 0 amide bonds. The van der Waals surface area contributed by atoms with Crippen LogP contribution in [0, 0.1) is 5.41 Å². The minimum atomic E-state index is -0.823. The van der Waals surface area contributed by atoms with Gasteiger partial charge in [-0.2, -0.15) is 0 Å². The molecule has 1 aromatic rings. The second-order valence-electron chi connectivity index (χ2n) is 6.42. The second-order valence-corrected chi connectivity index (χ2v) is 7.36. The third kappa shape index (κ3) is 3.00. The normalized spacial score (nSPS) is 21.6. The Morgan fingerprint density at radius 1 is 1.50 bits per heavy atom. The van der Waals surface area contributed by atoms with Crippen LogP contribution in [0.2, 0.25) is 0 Å². The van der Waals surface area contributed by atoms with Crippen molar-refractivity contribution in [1.29, 1.82) is 0 Å². The van der Waals surface area contributed by atoms with Crippen LogP contribution in [-0.2, 0) is 4.79 Å². The molecule has 1 fully saturated rings. The topological polar surface area (TPSA) is 68.0 Å². The molecule has 1 saturated carbocycles. The van der Waals surface area contributed by atoms with Crippen LogP contribution in [0.15, 0.2) is 5.16 Å². The molecule has 6 heteroatoms. The van der Waals surface area contributed by atoms with E-state index in [4.69, 9.17) is 5.11 Å². The van der Waals surface area contributed by atoms with E-state index in [9.17, 15) is 4.79 Å². The Balaban J connectivity index is 2.32. The Morgan fingerprint density at radius 2 is 2.20 bits per heavy atom. The molecule has 1 aliphatic carbocycles. The molecule has 1 aliphatic rings. The predicted molar refractivity (Wildman–Crippen MR) is 79.1 cm³/mol. The van der Waals surface area contributed by atoms with Crippen molar-refractivity contribution < 1.29 is 9.90 Å². The minimum absolute atomic E-state index is 0.0267. The molecule has 1 aromatic heterocycles. The first-order valence-corrected chi connectivity index (χ1v) is 8.11. The molecule has 112 valence electrons. The highest BCUT2D eigenvalue weighted by atomic mass is 32.2. The zero-order chi connectivity index (χ0) is 14.9. The summed E-state index contributed by atoms with van der Waals surface area (Å²) in [5.74, 6) is 0.641. The molecule has 2 rings (SSSR count). The molecule has 0 saturated heterocycles. The molecular weight excluding hydrogens is 274 g/mol. The monoisotopic (exact) mass is 297 g/mol. The van der Waals surface area contributed by atoms with Crippen molar-refractivity contribution in [2.24, 2.45) is 5.41 Å². The summed E-state index contributed by atoms with van der Waals surface area (Å²) in [5, 5.41) is 18.2. The molecule has 1 atom stereocenters. The van der Waals surface area contributed by atoms with Crippen LogP contribution in [0.5, 0.6) is 0 Å². The molecule has 1 N–H and O–H groups in total. The second kappa shape index (κ2) is 5.76. The van der Waals surface area contributed by atoms with Crippen molar-refractivity contribution in [3.63, 3.8) is 0 Å². The van der Waals surface area contributed by atoms with Gasteiger partial charge in [-0.15, -0.1) is 10.2 Å². The van der Waals surface area contributed by atoms with Crippen LogP contribution in [0.1, 0.15) is 64.7 Å². The maximum Gasteiger partial charge on any atom is 0.313 e. The fraction of sp³-hybridized carbons (Fsp3) is 0.786. The number of carboxylic acids is 1. The number of aromatic nitrogens is 3. The number of thioether (sulfide) groups is 1. The Bertz CT molecular complexity index is 497. The number of aliphatic carboxylic acids is 1. The van der Waals surface area contributed by atoms with Gasteiger partial charge in [0.15, 0.2) is 5.16 Å². The molecule has 1 unspecified atom stereocenters. The van der Waals surface area contributed by atoms with Gasteiger partial charge in [0.25, 0.3) is 0 Å². The van der Waals surface area contributed by atoms with Crippen molar-refractivity contribution in [2.75, 3.05) is 5.75 Å². The molecule has 20 heavy (non-hydrogen) atoms. The van der Waals surface area contributed by atoms with E-state index >= 15 is 0 Å². The zero-order valence-corrected chi connectivity index (χ0v) is 13.4. The first-order chi connectivity index (χ1) is 9.33. The van der Waals surface area contributed by atoms with Crippen molar-refractivity contribution in [2.45, 2.75) is 64.1 Å². The van der Waals surface area contributed by atoms with Gasteiger partial charge in [-0.05, 0) is 32.1 Å². The van der Waals surface area contributed by atoms with Crippen LogP contribution in [0.25, 0.3) is 0 Å². The smallest absolute Gasteiger partial charge is 0.313 e. The lowest BCUT2D eigenvalue weighted by molar-refractivity contribution is -0.133. The van der Waals surface area contributed by atoms with E-state index in [1.54, 1.807) is 0 Å². The molecule has 0 bridgehead atoms. The maximum absolute atomic E-state index is 10.7. The first kappa shape index (κ1) is 15.4. The van der Waals surface area contributed by atoms with Gasteiger partial charge in [0.1, 0.15) is 5.82 Å². The Hall–Kier alpha value is -1.04. The quantitative estimate of drug-likeness (QED) is 0.844. The van der Waals surface area contributed by atoms with Crippen LogP contribution in [-0.4, -0.2) is 31.6 Å². The van der Waals surface area contributed by atoms with E-state index in [-0.39, 0.29) is 17.2 Å². The van der Waals surface area contributed by atoms with Crippen molar-refractivity contribution in [3.05, 3.63) is 5.82 Å². The summed E-state index contributed by atoms with van der Waals surface area (Å²) < 4.78 is 2.12. The minimum Gasteiger partial charge on any atom is -0.481 e. The lowest BCUT2D eigenvalue weighted by Crippen LogP contribution is -2.21. The van der Waals surface area contributed by atoms with Gasteiger partial charge in [-0.3, -0.25) is 4.79 Å². The summed E-state index contributed by atoms with van der Waals surface area (Å²) in [4.78, 5) is 10.7. The highest BCUT2D eigenvalue weighted by Crippen LogP contribution is 2.49. The average molecular weight is 297 g/mol. The summed E-state index contributed by atoms with van der Waals surface area (Å²) in [6.07, 6.45) is 3.57. The highest BCUT2D eigenvalue weighted by molar-refractivity contribution is 7.99. The van der Waals surface area contributed by atoms with Crippen LogP contribution >= 0.6 is 11.8 Å². The van der Waals surface area contributed by atoms with Gasteiger partial charge in [0.05, 0.1) is 5.75 Å². The molecule has 5 nitrogen and oxygen atoms in total. The summed E-state index contributed by atoms with van der Waals surface area (Å²) >= 11 is 1.25. The van der Waals surface area contributed by atoms with Gasteiger partial charge in [0, 0.05) is 12.0 Å². The van der Waals surface area contributed by atoms with Gasteiger partial charge < -0.3 is 9.67 Å². The van der Waals surface area contributed by atoms with Crippen LogP contribution < -0.4 is 0 Å². The zero-order valence-electron chi connectivity index (χ0n) is 12.6. The Morgan fingerprint density at radius 3 is 2.70 bits per heavy atom. The third-order valence-corrected chi connectivity index (χ3v) is 5.03. The van der Waals surface area contributed by atoms with Crippen LogP contribution in [0.4, 0.5) is 0 Å². The number of nitrogens with zero attached hydrogens (tertiary/aromatic N) is 3. The summed E-state index contributed by atoms with van der Waals surface area (Å²) in [7, 11) is 0. The lowest BCUT2D eigenvalue weighted by Gasteiger charge is -2.27. The predicted octanol–water partition coefficient (Wildman–Crippen LogP) is 3.33. The average Bonchev–Trinajstić information content (AvgIpc) is 2.88. The van der Waals surface area contributed by atoms with E-state index < -0.39 is 5.97 Å². The Kier molecular flexibility index (Phi) is 4.42. The van der Waals surface area contributed by atoms with E-state index in [0.717, 1.165) is 17.4 Å². The van der Waals surface area contributed by atoms with Gasteiger partial charge >= 0.3 is 5.97 Å². The van der Waals surface area contributed by atoms with E-state index in [1.165, 1.54) is 24.6 Å². The first-order valence-electron chi connectivity index (χ1n) is 7.12. The van der Waals surface area contributed by atoms with E-state index in [2.05, 4.69) is 42.5 Å². The van der Waals surface area contributed by atoms with Gasteiger partial charge in [-0.25, -0.2) is 0 Å².